The van der Waals surface area contributed by atoms with Crippen LogP contribution in [0.2, 0.25) is 0 Å². The van der Waals surface area contributed by atoms with E-state index in [4.69, 9.17) is 20.0 Å². The molecule has 0 saturated heterocycles. The molecule has 0 unspecified atom stereocenters. The second-order valence-corrected chi connectivity index (χ2v) is 11.8. The second kappa shape index (κ2) is 16.1. The molecule has 0 bridgehead atoms. The van der Waals surface area contributed by atoms with E-state index in [9.17, 15) is 0 Å². The first kappa shape index (κ1) is 33.4. The van der Waals surface area contributed by atoms with Crippen LogP contribution >= 0.6 is 0 Å². The Hall–Kier alpha value is -6.52. The Labute approximate surface area is 295 Å². The number of amidine groups is 2. The molecule has 4 heteroatoms. The van der Waals surface area contributed by atoms with Crippen LogP contribution in [0.4, 0.5) is 0 Å². The number of hydrogen-bond acceptors (Lipinski definition) is 2. The minimum absolute atomic E-state index is 0.611. The number of rotatable bonds is 9. The van der Waals surface area contributed by atoms with Crippen molar-refractivity contribution in [1.29, 1.82) is 0 Å². The van der Waals surface area contributed by atoms with Crippen LogP contribution in [0.5, 0.6) is 0 Å². The summed E-state index contributed by atoms with van der Waals surface area (Å²) in [4.78, 5) is 19.7. The Bertz CT molecular complexity index is 2190. The summed E-state index contributed by atoms with van der Waals surface area (Å²) in [7, 11) is 0. The van der Waals surface area contributed by atoms with E-state index in [1.54, 1.807) is 0 Å². The molecule has 6 aromatic rings. The molecule has 0 spiro atoms. The van der Waals surface area contributed by atoms with Crippen LogP contribution in [0.3, 0.4) is 0 Å². The average molecular weight is 647 g/mol. The SMILES string of the molecule is C=C(/N=C(\N=C(/C)c1ccccc1)c1ccc(-c2ccc(/C(C)=N/C(=N\C(=C)c3ccccc3)c3ccccc3)cc2)cc1)c1ccccc1. The molecule has 0 aliphatic rings. The van der Waals surface area contributed by atoms with Crippen LogP contribution in [-0.2, 0) is 0 Å². The zero-order chi connectivity index (χ0) is 34.7. The van der Waals surface area contributed by atoms with E-state index in [1.807, 2.05) is 123 Å². The summed E-state index contributed by atoms with van der Waals surface area (Å²) in [5.41, 5.74) is 11.1. The van der Waals surface area contributed by atoms with Gasteiger partial charge in [0.15, 0.2) is 11.7 Å². The third-order valence-corrected chi connectivity index (χ3v) is 8.25. The van der Waals surface area contributed by atoms with Gasteiger partial charge in [-0.2, -0.15) is 0 Å². The van der Waals surface area contributed by atoms with E-state index < -0.39 is 0 Å². The molecule has 0 aliphatic heterocycles. The number of nitrogens with zero attached hydrogens (tertiary/aromatic N) is 4. The molecule has 242 valence electrons. The predicted octanol–water partition coefficient (Wildman–Crippen LogP) is 11.2. The van der Waals surface area contributed by atoms with Crippen molar-refractivity contribution >= 4 is 34.5 Å². The van der Waals surface area contributed by atoms with Gasteiger partial charge < -0.3 is 0 Å². The molecule has 0 N–H and O–H groups in total. The zero-order valence-electron chi connectivity index (χ0n) is 28.4. The first-order valence-electron chi connectivity index (χ1n) is 16.5. The van der Waals surface area contributed by atoms with E-state index >= 15 is 0 Å². The molecule has 0 heterocycles. The van der Waals surface area contributed by atoms with Gasteiger partial charge in [0.25, 0.3) is 0 Å². The fraction of sp³-hybridized carbons (Fsp3) is 0.0435. The molecule has 0 amide bonds. The maximum atomic E-state index is 4.98. The molecule has 6 aromatic carbocycles. The van der Waals surface area contributed by atoms with Crippen LogP contribution in [0.15, 0.2) is 203 Å². The third kappa shape index (κ3) is 8.49. The quantitative estimate of drug-likeness (QED) is 0.111. The van der Waals surface area contributed by atoms with E-state index in [2.05, 4.69) is 73.8 Å². The lowest BCUT2D eigenvalue weighted by atomic mass is 10.0. The molecule has 4 nitrogen and oxygen atoms in total. The minimum Gasteiger partial charge on any atom is -0.233 e. The molecule has 6 rings (SSSR count). The monoisotopic (exact) mass is 646 g/mol. The Morgan fingerprint density at radius 1 is 0.320 bits per heavy atom. The van der Waals surface area contributed by atoms with Gasteiger partial charge in [-0.3, -0.25) is 0 Å². The molecule has 0 aliphatic carbocycles. The first-order valence-corrected chi connectivity index (χ1v) is 16.5. The summed E-state index contributed by atoms with van der Waals surface area (Å²) < 4.78 is 0. The molecular weight excluding hydrogens is 609 g/mol. The highest BCUT2D eigenvalue weighted by Gasteiger charge is 2.10. The number of hydrogen-bond donors (Lipinski definition) is 0. The van der Waals surface area contributed by atoms with Crippen molar-refractivity contribution < 1.29 is 0 Å². The Morgan fingerprint density at radius 3 is 0.980 bits per heavy atom. The molecule has 0 saturated carbocycles. The molecular formula is C46H38N4. The Balaban J connectivity index is 1.26. The highest BCUT2D eigenvalue weighted by atomic mass is 14.9. The van der Waals surface area contributed by atoms with Gasteiger partial charge in [-0.15, -0.1) is 0 Å². The number of benzene rings is 6. The van der Waals surface area contributed by atoms with Gasteiger partial charge in [-0.05, 0) is 47.2 Å². The summed E-state index contributed by atoms with van der Waals surface area (Å²) in [5, 5.41) is 0. The van der Waals surface area contributed by atoms with Gasteiger partial charge >= 0.3 is 0 Å². The van der Waals surface area contributed by atoms with Gasteiger partial charge in [-0.25, -0.2) is 20.0 Å². The summed E-state index contributed by atoms with van der Waals surface area (Å²) in [5.74, 6) is 1.23. The van der Waals surface area contributed by atoms with Crippen LogP contribution < -0.4 is 0 Å². The van der Waals surface area contributed by atoms with Crippen molar-refractivity contribution in [2.24, 2.45) is 20.0 Å². The standard InChI is InChI=1S/C46H38N4/c1-33(37-17-9-5-10-18-37)47-45(43-23-15-8-16-24-43)50-36(4)40-25-27-41(28-26-40)42-29-31-44(32-30-42)46(48-34(2)38-19-11-6-12-20-38)49-35(3)39-21-13-7-14-22-39/h5-32H,1-2H2,3-4H3/b47-45-,48-46-,49-35+,50-36+. The lowest BCUT2D eigenvalue weighted by Gasteiger charge is -2.09. The van der Waals surface area contributed by atoms with Gasteiger partial charge in [0.05, 0.1) is 11.4 Å². The summed E-state index contributed by atoms with van der Waals surface area (Å²) in [6.07, 6.45) is 0. The topological polar surface area (TPSA) is 49.4 Å². The highest BCUT2D eigenvalue weighted by Crippen LogP contribution is 2.23. The lowest BCUT2D eigenvalue weighted by molar-refractivity contribution is 1.43. The van der Waals surface area contributed by atoms with Crippen LogP contribution in [-0.4, -0.2) is 23.1 Å². The van der Waals surface area contributed by atoms with E-state index in [0.717, 1.165) is 55.9 Å². The van der Waals surface area contributed by atoms with Crippen molar-refractivity contribution in [2.75, 3.05) is 0 Å². The smallest absolute Gasteiger partial charge is 0.160 e. The van der Waals surface area contributed by atoms with Crippen molar-refractivity contribution in [3.8, 4) is 11.1 Å². The van der Waals surface area contributed by atoms with Gasteiger partial charge in [0.2, 0.25) is 0 Å². The summed E-state index contributed by atoms with van der Waals surface area (Å²) in [6, 6.07) is 56.9. The van der Waals surface area contributed by atoms with Crippen molar-refractivity contribution in [3.63, 3.8) is 0 Å². The minimum atomic E-state index is 0.611. The highest BCUT2D eigenvalue weighted by molar-refractivity contribution is 6.13. The average Bonchev–Trinajstić information content (AvgIpc) is 3.18. The lowest BCUT2D eigenvalue weighted by Crippen LogP contribution is -2.04. The number of aliphatic imine (C=N–C) groups is 4. The molecule has 0 fully saturated rings. The van der Waals surface area contributed by atoms with Gasteiger partial charge in [0, 0.05) is 22.6 Å². The largest absolute Gasteiger partial charge is 0.233 e. The fourth-order valence-corrected chi connectivity index (χ4v) is 5.38. The van der Waals surface area contributed by atoms with Gasteiger partial charge in [0.1, 0.15) is 0 Å². The maximum absolute atomic E-state index is 4.98. The summed E-state index contributed by atoms with van der Waals surface area (Å²) in [6.45, 7) is 12.5. The fourth-order valence-electron chi connectivity index (χ4n) is 5.38. The van der Waals surface area contributed by atoms with E-state index in [0.29, 0.717) is 23.1 Å². The molecule has 0 atom stereocenters. The zero-order valence-corrected chi connectivity index (χ0v) is 28.4. The van der Waals surface area contributed by atoms with E-state index in [-0.39, 0.29) is 0 Å². The second-order valence-electron chi connectivity index (χ2n) is 11.8. The van der Waals surface area contributed by atoms with Crippen molar-refractivity contribution in [3.05, 3.63) is 216 Å². The summed E-state index contributed by atoms with van der Waals surface area (Å²) >= 11 is 0. The predicted molar refractivity (Wildman–Crippen MR) is 213 cm³/mol. The van der Waals surface area contributed by atoms with Crippen molar-refractivity contribution in [1.82, 2.24) is 0 Å². The van der Waals surface area contributed by atoms with Crippen LogP contribution in [0, 0.1) is 0 Å². The van der Waals surface area contributed by atoms with Crippen molar-refractivity contribution in [2.45, 2.75) is 13.8 Å². The van der Waals surface area contributed by atoms with E-state index in [1.165, 1.54) is 0 Å². The van der Waals surface area contributed by atoms with Crippen LogP contribution in [0.1, 0.15) is 47.2 Å². The third-order valence-electron chi connectivity index (χ3n) is 8.25. The first-order chi connectivity index (χ1) is 24.4. The normalized spacial score (nSPS) is 12.4. The van der Waals surface area contributed by atoms with Gasteiger partial charge in [-0.1, -0.05) is 183 Å². The Kier molecular flexibility index (Phi) is 10.7. The van der Waals surface area contributed by atoms with Crippen LogP contribution in [0.25, 0.3) is 22.5 Å². The Morgan fingerprint density at radius 2 is 0.600 bits per heavy atom. The maximum Gasteiger partial charge on any atom is 0.160 e. The molecule has 0 radical (unpaired) electrons. The molecule has 0 aromatic heterocycles. The molecule has 50 heavy (non-hydrogen) atoms.